The van der Waals surface area contributed by atoms with Gasteiger partial charge >= 0.3 is 5.69 Å². The van der Waals surface area contributed by atoms with Crippen LogP contribution in [0.1, 0.15) is 37.4 Å². The summed E-state index contributed by atoms with van der Waals surface area (Å²) in [6, 6.07) is 13.3. The summed E-state index contributed by atoms with van der Waals surface area (Å²) in [7, 11) is 1.47. The summed E-state index contributed by atoms with van der Waals surface area (Å²) in [4.78, 5) is 11.1. The van der Waals surface area contributed by atoms with Crippen LogP contribution in [0.3, 0.4) is 0 Å². The van der Waals surface area contributed by atoms with E-state index in [1.807, 2.05) is 32.0 Å². The normalized spacial score (nSPS) is 17.5. The zero-order valence-electron chi connectivity index (χ0n) is 16.4. The fourth-order valence-corrected chi connectivity index (χ4v) is 3.47. The molecular weight excluding hydrogens is 360 g/mol. The molecular formula is C21H26N2O5. The summed E-state index contributed by atoms with van der Waals surface area (Å²) in [6.07, 6.45) is 1.59. The van der Waals surface area contributed by atoms with E-state index >= 15 is 0 Å². The number of rotatable bonds is 8. The molecule has 1 heterocycles. The summed E-state index contributed by atoms with van der Waals surface area (Å²) >= 11 is 0. The first-order chi connectivity index (χ1) is 13.4. The van der Waals surface area contributed by atoms with Crippen LogP contribution in [0, 0.1) is 10.1 Å². The molecule has 1 N–H and O–H groups in total. The van der Waals surface area contributed by atoms with Gasteiger partial charge in [-0.25, -0.2) is 0 Å². The Morgan fingerprint density at radius 2 is 2.04 bits per heavy atom. The minimum absolute atomic E-state index is 0.0439. The van der Waals surface area contributed by atoms with Crippen LogP contribution in [-0.4, -0.2) is 31.0 Å². The molecule has 150 valence electrons. The molecule has 0 spiro atoms. The summed E-state index contributed by atoms with van der Waals surface area (Å²) in [5.41, 5.74) is 1.54. The third-order valence-electron chi connectivity index (χ3n) is 4.72. The third-order valence-corrected chi connectivity index (χ3v) is 4.72. The Morgan fingerprint density at radius 1 is 1.29 bits per heavy atom. The minimum Gasteiger partial charge on any atom is -0.487 e. The number of nitrogens with one attached hydrogen (secondary N) is 1. The highest BCUT2D eigenvalue weighted by Crippen LogP contribution is 2.44. The molecule has 7 nitrogen and oxygen atoms in total. The lowest BCUT2D eigenvalue weighted by Crippen LogP contribution is -2.40. The van der Waals surface area contributed by atoms with Gasteiger partial charge in [0.25, 0.3) is 0 Å². The summed E-state index contributed by atoms with van der Waals surface area (Å²) in [5.74, 6) is 0.747. The molecule has 2 aromatic carbocycles. The van der Waals surface area contributed by atoms with Crippen LogP contribution in [-0.2, 0) is 11.2 Å². The Kier molecular flexibility index (Phi) is 6.16. The van der Waals surface area contributed by atoms with Crippen molar-refractivity contribution in [1.29, 1.82) is 0 Å². The molecule has 0 saturated carbocycles. The van der Waals surface area contributed by atoms with E-state index in [-0.39, 0.29) is 24.3 Å². The van der Waals surface area contributed by atoms with Crippen LogP contribution in [0.25, 0.3) is 0 Å². The topological polar surface area (TPSA) is 82.9 Å². The Bertz CT molecular complexity index is 823. The van der Waals surface area contributed by atoms with Crippen molar-refractivity contribution in [1.82, 2.24) is 5.32 Å². The third kappa shape index (κ3) is 4.79. The lowest BCUT2D eigenvalue weighted by Gasteiger charge is -2.38. The average Bonchev–Trinajstić information content (AvgIpc) is 2.65. The number of ether oxygens (including phenoxy) is 3. The van der Waals surface area contributed by atoms with Gasteiger partial charge in [-0.15, -0.1) is 0 Å². The molecule has 0 bridgehead atoms. The van der Waals surface area contributed by atoms with Crippen molar-refractivity contribution in [3.05, 3.63) is 63.7 Å². The first-order valence-corrected chi connectivity index (χ1v) is 9.30. The molecule has 0 amide bonds. The summed E-state index contributed by atoms with van der Waals surface area (Å²) in [6.45, 7) is 4.72. The molecule has 0 saturated heterocycles. The highest BCUT2D eigenvalue weighted by Gasteiger charge is 2.36. The van der Waals surface area contributed by atoms with E-state index in [1.165, 1.54) is 12.7 Å². The summed E-state index contributed by atoms with van der Waals surface area (Å²) in [5, 5.41) is 15.1. The number of nitro groups is 1. The lowest BCUT2D eigenvalue weighted by atomic mass is 9.89. The van der Waals surface area contributed by atoms with E-state index in [1.54, 1.807) is 12.1 Å². The first-order valence-electron chi connectivity index (χ1n) is 9.30. The molecule has 1 atom stereocenters. The first kappa shape index (κ1) is 20.1. The molecule has 2 aromatic rings. The largest absolute Gasteiger partial charge is 0.487 e. The maximum absolute atomic E-state index is 11.5. The molecule has 28 heavy (non-hydrogen) atoms. The monoisotopic (exact) mass is 386 g/mol. The van der Waals surface area contributed by atoms with Crippen molar-refractivity contribution < 1.29 is 19.1 Å². The maximum atomic E-state index is 11.5. The van der Waals surface area contributed by atoms with Crippen molar-refractivity contribution in [2.24, 2.45) is 0 Å². The number of methoxy groups -OCH3 is 1. The molecule has 1 aliphatic heterocycles. The SMILES string of the molecule is COCOc1cc2c(cc1[N+](=O)[O-])[C@H](NCCc1ccccc1)CC(C)(C)O2. The van der Waals surface area contributed by atoms with Gasteiger partial charge in [-0.2, -0.15) is 0 Å². The van der Waals surface area contributed by atoms with E-state index in [2.05, 4.69) is 17.4 Å². The van der Waals surface area contributed by atoms with Gasteiger partial charge in [-0.1, -0.05) is 30.3 Å². The van der Waals surface area contributed by atoms with Crippen LogP contribution in [0.4, 0.5) is 5.69 Å². The standard InChI is InChI=1S/C21H26N2O5/c1-21(2)13-17(22-10-9-15-7-5-4-6-8-15)16-11-18(23(24)25)20(27-14-26-3)12-19(16)28-21/h4-8,11-12,17,22H,9-10,13-14H2,1-3H3/t17-/m1/s1. The average molecular weight is 386 g/mol. The fourth-order valence-electron chi connectivity index (χ4n) is 3.47. The Hall–Kier alpha value is -2.64. The second kappa shape index (κ2) is 8.58. The number of fused-ring (bicyclic) bond motifs is 1. The van der Waals surface area contributed by atoms with Crippen LogP contribution in [0.5, 0.6) is 11.5 Å². The number of nitrogens with zero attached hydrogens (tertiary/aromatic N) is 1. The van der Waals surface area contributed by atoms with Gasteiger partial charge in [0, 0.05) is 37.3 Å². The summed E-state index contributed by atoms with van der Waals surface area (Å²) < 4.78 is 16.4. The van der Waals surface area contributed by atoms with E-state index in [0.717, 1.165) is 18.5 Å². The molecule has 1 aliphatic rings. The van der Waals surface area contributed by atoms with Crippen molar-refractivity contribution >= 4 is 5.69 Å². The highest BCUT2D eigenvalue weighted by atomic mass is 16.7. The van der Waals surface area contributed by atoms with Crippen LogP contribution in [0.15, 0.2) is 42.5 Å². The molecule has 7 heteroatoms. The molecule has 3 rings (SSSR count). The number of nitro benzene ring substituents is 1. The molecule has 0 unspecified atom stereocenters. The quantitative estimate of drug-likeness (QED) is 0.419. The van der Waals surface area contributed by atoms with E-state index in [4.69, 9.17) is 14.2 Å². The van der Waals surface area contributed by atoms with E-state index in [9.17, 15) is 10.1 Å². The zero-order chi connectivity index (χ0) is 20.1. The second-order valence-corrected chi connectivity index (χ2v) is 7.47. The van der Waals surface area contributed by atoms with Crippen LogP contribution >= 0.6 is 0 Å². The predicted octanol–water partition coefficient (Wildman–Crippen LogP) is 4.01. The van der Waals surface area contributed by atoms with Gasteiger partial charge in [0.05, 0.1) is 4.92 Å². The van der Waals surface area contributed by atoms with Gasteiger partial charge in [-0.05, 0) is 32.4 Å². The smallest absolute Gasteiger partial charge is 0.311 e. The zero-order valence-corrected chi connectivity index (χ0v) is 16.4. The Balaban J connectivity index is 1.84. The van der Waals surface area contributed by atoms with Crippen molar-refractivity contribution in [3.8, 4) is 11.5 Å². The highest BCUT2D eigenvalue weighted by molar-refractivity contribution is 5.56. The van der Waals surface area contributed by atoms with E-state index < -0.39 is 10.5 Å². The lowest BCUT2D eigenvalue weighted by molar-refractivity contribution is -0.386. The van der Waals surface area contributed by atoms with Gasteiger partial charge in [0.1, 0.15) is 11.4 Å². The Labute approximate surface area is 164 Å². The molecule has 0 aromatic heterocycles. The second-order valence-electron chi connectivity index (χ2n) is 7.47. The molecule has 0 radical (unpaired) electrons. The van der Waals surface area contributed by atoms with Gasteiger partial charge in [0.2, 0.25) is 5.75 Å². The number of benzene rings is 2. The van der Waals surface area contributed by atoms with Gasteiger partial charge < -0.3 is 19.5 Å². The predicted molar refractivity (Wildman–Crippen MR) is 106 cm³/mol. The van der Waals surface area contributed by atoms with Gasteiger partial charge in [-0.3, -0.25) is 10.1 Å². The van der Waals surface area contributed by atoms with Crippen molar-refractivity contribution in [3.63, 3.8) is 0 Å². The number of hydrogen-bond donors (Lipinski definition) is 1. The van der Waals surface area contributed by atoms with Crippen molar-refractivity contribution in [2.75, 3.05) is 20.4 Å². The van der Waals surface area contributed by atoms with Crippen molar-refractivity contribution in [2.45, 2.75) is 38.3 Å². The maximum Gasteiger partial charge on any atom is 0.311 e. The molecule has 0 aliphatic carbocycles. The van der Waals surface area contributed by atoms with Crippen LogP contribution in [0.2, 0.25) is 0 Å². The van der Waals surface area contributed by atoms with Gasteiger partial charge in [0.15, 0.2) is 6.79 Å². The Morgan fingerprint density at radius 3 is 2.71 bits per heavy atom. The minimum atomic E-state index is -0.438. The molecule has 0 fully saturated rings. The van der Waals surface area contributed by atoms with Crippen LogP contribution < -0.4 is 14.8 Å². The van der Waals surface area contributed by atoms with E-state index in [0.29, 0.717) is 12.2 Å². The number of hydrogen-bond acceptors (Lipinski definition) is 6. The fraction of sp³-hybridized carbons (Fsp3) is 0.429.